The summed E-state index contributed by atoms with van der Waals surface area (Å²) in [6.45, 7) is 6.99. The predicted molar refractivity (Wildman–Crippen MR) is 67.0 cm³/mol. The molecule has 0 radical (unpaired) electrons. The molecule has 1 aliphatic heterocycles. The maximum atomic E-state index is 12.1. The topological polar surface area (TPSA) is 53.4 Å². The molecule has 0 aliphatic carbocycles. The molecular weight excluding hydrogens is 236 g/mol. The Bertz CT molecular complexity index is 412. The van der Waals surface area contributed by atoms with Gasteiger partial charge in [0.05, 0.1) is 11.1 Å². The normalized spacial score (nSPS) is 28.1. The molecule has 5 heteroatoms. The van der Waals surface area contributed by atoms with Crippen LogP contribution >= 0.6 is 11.3 Å². The van der Waals surface area contributed by atoms with Crippen LogP contribution in [0.2, 0.25) is 0 Å². The van der Waals surface area contributed by atoms with Crippen LogP contribution in [-0.2, 0) is 0 Å². The monoisotopic (exact) mass is 254 g/mol. The van der Waals surface area contributed by atoms with Gasteiger partial charge in [0.15, 0.2) is 0 Å². The first-order valence-corrected chi connectivity index (χ1v) is 6.68. The van der Waals surface area contributed by atoms with Crippen molar-refractivity contribution in [2.24, 2.45) is 5.41 Å². The zero-order valence-electron chi connectivity index (χ0n) is 10.4. The lowest BCUT2D eigenvalue weighted by Gasteiger charge is -2.48. The van der Waals surface area contributed by atoms with E-state index >= 15 is 0 Å². The summed E-state index contributed by atoms with van der Waals surface area (Å²) < 4.78 is 0. The SMILES string of the molecule is CC1(C)CN(C(=O)c2cscn2)CCC1(C)O. The van der Waals surface area contributed by atoms with Gasteiger partial charge in [0.2, 0.25) is 0 Å². The summed E-state index contributed by atoms with van der Waals surface area (Å²) in [6, 6.07) is 0. The van der Waals surface area contributed by atoms with E-state index < -0.39 is 5.60 Å². The van der Waals surface area contributed by atoms with Crippen LogP contribution < -0.4 is 0 Å². The highest BCUT2D eigenvalue weighted by molar-refractivity contribution is 7.07. The van der Waals surface area contributed by atoms with Gasteiger partial charge in [-0.1, -0.05) is 13.8 Å². The molecule has 2 rings (SSSR count). The second-order valence-electron chi connectivity index (χ2n) is 5.51. The molecule has 1 N–H and O–H groups in total. The van der Waals surface area contributed by atoms with Gasteiger partial charge in [-0.05, 0) is 13.3 Å². The fourth-order valence-corrected chi connectivity index (χ4v) is 2.60. The molecule has 1 unspecified atom stereocenters. The van der Waals surface area contributed by atoms with Gasteiger partial charge in [-0.15, -0.1) is 11.3 Å². The van der Waals surface area contributed by atoms with Crippen LogP contribution in [0, 0.1) is 5.41 Å². The molecule has 2 heterocycles. The van der Waals surface area contributed by atoms with Gasteiger partial charge in [-0.2, -0.15) is 0 Å². The van der Waals surface area contributed by atoms with E-state index in [-0.39, 0.29) is 11.3 Å². The summed E-state index contributed by atoms with van der Waals surface area (Å²) in [5, 5.41) is 12.0. The van der Waals surface area contributed by atoms with E-state index in [0.717, 1.165) is 0 Å². The molecule has 17 heavy (non-hydrogen) atoms. The lowest BCUT2D eigenvalue weighted by Crippen LogP contribution is -2.57. The first kappa shape index (κ1) is 12.5. The number of amides is 1. The standard InChI is InChI=1S/C12H18N2O2S/c1-11(2)7-14(5-4-12(11,3)16)10(15)9-6-17-8-13-9/h6,8,16H,4-5,7H2,1-3H3. The van der Waals surface area contributed by atoms with E-state index in [1.165, 1.54) is 11.3 Å². The van der Waals surface area contributed by atoms with E-state index in [2.05, 4.69) is 4.98 Å². The van der Waals surface area contributed by atoms with Gasteiger partial charge in [0.1, 0.15) is 5.69 Å². The Hall–Kier alpha value is -0.940. The number of piperidine rings is 1. The van der Waals surface area contributed by atoms with E-state index in [4.69, 9.17) is 0 Å². The summed E-state index contributed by atoms with van der Waals surface area (Å²) in [4.78, 5) is 18.0. The number of hydrogen-bond donors (Lipinski definition) is 1. The van der Waals surface area contributed by atoms with Crippen LogP contribution in [0.15, 0.2) is 10.9 Å². The van der Waals surface area contributed by atoms with Crippen molar-refractivity contribution in [2.75, 3.05) is 13.1 Å². The van der Waals surface area contributed by atoms with E-state index in [1.807, 2.05) is 20.8 Å². The highest BCUT2D eigenvalue weighted by Crippen LogP contribution is 2.38. The van der Waals surface area contributed by atoms with E-state index in [9.17, 15) is 9.90 Å². The quantitative estimate of drug-likeness (QED) is 0.831. The number of nitrogens with zero attached hydrogens (tertiary/aromatic N) is 2. The Morgan fingerprint density at radius 2 is 2.24 bits per heavy atom. The molecule has 1 aliphatic rings. The number of carbonyl (C=O) groups is 1. The maximum Gasteiger partial charge on any atom is 0.273 e. The largest absolute Gasteiger partial charge is 0.389 e. The third kappa shape index (κ3) is 2.21. The molecule has 0 bridgehead atoms. The fraction of sp³-hybridized carbons (Fsp3) is 0.667. The molecule has 1 amide bonds. The van der Waals surface area contributed by atoms with Crippen LogP contribution in [0.25, 0.3) is 0 Å². The van der Waals surface area contributed by atoms with Crippen molar-refractivity contribution >= 4 is 17.2 Å². The maximum absolute atomic E-state index is 12.1. The Morgan fingerprint density at radius 3 is 2.76 bits per heavy atom. The summed E-state index contributed by atoms with van der Waals surface area (Å²) >= 11 is 1.42. The molecule has 0 aromatic carbocycles. The first-order chi connectivity index (χ1) is 7.83. The van der Waals surface area contributed by atoms with Crippen molar-refractivity contribution in [1.29, 1.82) is 0 Å². The summed E-state index contributed by atoms with van der Waals surface area (Å²) in [7, 11) is 0. The second-order valence-corrected chi connectivity index (χ2v) is 6.23. The van der Waals surface area contributed by atoms with Crippen LogP contribution in [-0.4, -0.2) is 39.6 Å². The number of hydrogen-bond acceptors (Lipinski definition) is 4. The zero-order chi connectivity index (χ0) is 12.7. The number of aliphatic hydroxyl groups is 1. The predicted octanol–water partition coefficient (Wildman–Crippen LogP) is 1.77. The molecule has 94 valence electrons. The smallest absolute Gasteiger partial charge is 0.273 e. The van der Waals surface area contributed by atoms with Gasteiger partial charge in [0.25, 0.3) is 5.91 Å². The Balaban J connectivity index is 2.14. The summed E-state index contributed by atoms with van der Waals surface area (Å²) in [5.41, 5.74) is 1.16. The molecule has 0 saturated carbocycles. The first-order valence-electron chi connectivity index (χ1n) is 5.73. The van der Waals surface area contributed by atoms with Crippen molar-refractivity contribution in [3.63, 3.8) is 0 Å². The average Bonchev–Trinajstić information content (AvgIpc) is 2.74. The number of rotatable bonds is 1. The Kier molecular flexibility index (Phi) is 2.99. The summed E-state index contributed by atoms with van der Waals surface area (Å²) in [6.07, 6.45) is 0.607. The van der Waals surface area contributed by atoms with Gasteiger partial charge >= 0.3 is 0 Å². The zero-order valence-corrected chi connectivity index (χ0v) is 11.3. The molecule has 4 nitrogen and oxygen atoms in total. The number of aromatic nitrogens is 1. The minimum Gasteiger partial charge on any atom is -0.389 e. The van der Waals surface area contributed by atoms with Gasteiger partial charge in [-0.3, -0.25) is 4.79 Å². The van der Waals surface area contributed by atoms with Crippen molar-refractivity contribution in [3.05, 3.63) is 16.6 Å². The highest BCUT2D eigenvalue weighted by atomic mass is 32.1. The van der Waals surface area contributed by atoms with Crippen molar-refractivity contribution in [2.45, 2.75) is 32.8 Å². The Labute approximate surface area is 105 Å². The number of thiazole rings is 1. The Morgan fingerprint density at radius 1 is 1.53 bits per heavy atom. The van der Waals surface area contributed by atoms with E-state index in [0.29, 0.717) is 25.2 Å². The molecular formula is C12H18N2O2S. The van der Waals surface area contributed by atoms with Crippen LogP contribution in [0.4, 0.5) is 0 Å². The minimum atomic E-state index is -0.716. The fourth-order valence-electron chi connectivity index (χ4n) is 2.07. The summed E-state index contributed by atoms with van der Waals surface area (Å²) in [5.74, 6) is -0.0326. The average molecular weight is 254 g/mol. The van der Waals surface area contributed by atoms with Crippen LogP contribution in [0.3, 0.4) is 0 Å². The third-order valence-corrected chi connectivity index (χ3v) is 4.44. The lowest BCUT2D eigenvalue weighted by atomic mass is 9.71. The van der Waals surface area contributed by atoms with Crippen molar-refractivity contribution in [1.82, 2.24) is 9.88 Å². The highest BCUT2D eigenvalue weighted by Gasteiger charge is 2.45. The molecule has 1 fully saturated rings. The molecule has 0 spiro atoms. The molecule has 1 atom stereocenters. The van der Waals surface area contributed by atoms with Crippen molar-refractivity contribution in [3.8, 4) is 0 Å². The number of likely N-dealkylation sites (tertiary alicyclic amines) is 1. The van der Waals surface area contributed by atoms with Crippen molar-refractivity contribution < 1.29 is 9.90 Å². The molecule has 1 aromatic heterocycles. The van der Waals surface area contributed by atoms with E-state index in [1.54, 1.807) is 15.8 Å². The minimum absolute atomic E-state index is 0.0326. The van der Waals surface area contributed by atoms with Crippen LogP contribution in [0.1, 0.15) is 37.7 Å². The van der Waals surface area contributed by atoms with Gasteiger partial charge in [0, 0.05) is 23.9 Å². The van der Waals surface area contributed by atoms with Gasteiger partial charge < -0.3 is 10.0 Å². The molecule has 1 aromatic rings. The van der Waals surface area contributed by atoms with Gasteiger partial charge in [-0.25, -0.2) is 4.98 Å². The number of carbonyl (C=O) groups excluding carboxylic acids is 1. The van der Waals surface area contributed by atoms with Crippen LogP contribution in [0.5, 0.6) is 0 Å². The molecule has 1 saturated heterocycles. The second kappa shape index (κ2) is 4.07. The lowest BCUT2D eigenvalue weighted by molar-refractivity contribution is -0.0971. The third-order valence-electron chi connectivity index (χ3n) is 3.85.